The van der Waals surface area contributed by atoms with Gasteiger partial charge < -0.3 is 9.64 Å². The van der Waals surface area contributed by atoms with Crippen LogP contribution in [-0.4, -0.2) is 35.6 Å². The van der Waals surface area contributed by atoms with E-state index in [1.165, 1.54) is 0 Å². The van der Waals surface area contributed by atoms with Crippen molar-refractivity contribution in [3.63, 3.8) is 0 Å². The van der Waals surface area contributed by atoms with Crippen LogP contribution in [0.1, 0.15) is 25.5 Å². The Morgan fingerprint density at radius 2 is 2.22 bits per heavy atom. The zero-order valence-electron chi connectivity index (χ0n) is 10.9. The average molecular weight is 249 g/mol. The van der Waals surface area contributed by atoms with Gasteiger partial charge in [-0.3, -0.25) is 4.79 Å². The molecule has 98 valence electrons. The minimum absolute atomic E-state index is 0.0333. The van der Waals surface area contributed by atoms with Gasteiger partial charge in [0.05, 0.1) is 12.5 Å². The SMILES string of the molecule is CCOC(=O)C1CCN(c2nccc(C)n2)CC1. The van der Waals surface area contributed by atoms with Gasteiger partial charge in [-0.05, 0) is 32.8 Å². The van der Waals surface area contributed by atoms with Gasteiger partial charge in [-0.15, -0.1) is 0 Å². The van der Waals surface area contributed by atoms with Crippen molar-refractivity contribution in [1.82, 2.24) is 9.97 Å². The summed E-state index contributed by atoms with van der Waals surface area (Å²) in [5.41, 5.74) is 0.965. The van der Waals surface area contributed by atoms with E-state index in [-0.39, 0.29) is 11.9 Å². The molecule has 2 rings (SSSR count). The Labute approximate surface area is 107 Å². The smallest absolute Gasteiger partial charge is 0.309 e. The van der Waals surface area contributed by atoms with Gasteiger partial charge in [-0.25, -0.2) is 9.97 Å². The highest BCUT2D eigenvalue weighted by Crippen LogP contribution is 2.21. The maximum atomic E-state index is 11.6. The summed E-state index contributed by atoms with van der Waals surface area (Å²) in [6.45, 7) is 5.88. The lowest BCUT2D eigenvalue weighted by atomic mass is 9.97. The summed E-state index contributed by atoms with van der Waals surface area (Å²) in [6.07, 6.45) is 3.40. The molecule has 0 saturated carbocycles. The van der Waals surface area contributed by atoms with Crippen LogP contribution >= 0.6 is 0 Å². The van der Waals surface area contributed by atoms with E-state index in [0.717, 1.165) is 37.6 Å². The van der Waals surface area contributed by atoms with E-state index >= 15 is 0 Å². The third-order valence-corrected chi connectivity index (χ3v) is 3.18. The Balaban J connectivity index is 1.92. The van der Waals surface area contributed by atoms with Gasteiger partial charge in [0.25, 0.3) is 0 Å². The van der Waals surface area contributed by atoms with Crippen molar-refractivity contribution >= 4 is 11.9 Å². The van der Waals surface area contributed by atoms with Crippen LogP contribution in [0, 0.1) is 12.8 Å². The molecule has 0 amide bonds. The van der Waals surface area contributed by atoms with Crippen molar-refractivity contribution in [2.24, 2.45) is 5.92 Å². The quantitative estimate of drug-likeness (QED) is 0.761. The van der Waals surface area contributed by atoms with Crippen LogP contribution in [0.15, 0.2) is 12.3 Å². The lowest BCUT2D eigenvalue weighted by molar-refractivity contribution is -0.148. The first-order valence-electron chi connectivity index (χ1n) is 6.42. The fraction of sp³-hybridized carbons (Fsp3) is 0.615. The molecule has 1 saturated heterocycles. The van der Waals surface area contributed by atoms with Crippen LogP contribution < -0.4 is 4.90 Å². The highest BCUT2D eigenvalue weighted by molar-refractivity contribution is 5.72. The molecule has 1 aromatic rings. The first-order valence-corrected chi connectivity index (χ1v) is 6.42. The third-order valence-electron chi connectivity index (χ3n) is 3.18. The van der Waals surface area contributed by atoms with Crippen LogP contribution in [-0.2, 0) is 9.53 Å². The van der Waals surface area contributed by atoms with Crippen molar-refractivity contribution in [3.05, 3.63) is 18.0 Å². The molecule has 0 N–H and O–H groups in total. The van der Waals surface area contributed by atoms with Gasteiger partial charge in [0.15, 0.2) is 0 Å². The van der Waals surface area contributed by atoms with Crippen LogP contribution in [0.25, 0.3) is 0 Å². The Hall–Kier alpha value is -1.65. The topological polar surface area (TPSA) is 55.3 Å². The number of piperidine rings is 1. The van der Waals surface area contributed by atoms with E-state index in [0.29, 0.717) is 6.61 Å². The first kappa shape index (κ1) is 12.8. The molecule has 5 nitrogen and oxygen atoms in total. The normalized spacial score (nSPS) is 16.7. The molecule has 0 bridgehead atoms. The number of hydrogen-bond acceptors (Lipinski definition) is 5. The lowest BCUT2D eigenvalue weighted by Crippen LogP contribution is -2.37. The second kappa shape index (κ2) is 5.80. The summed E-state index contributed by atoms with van der Waals surface area (Å²) < 4.78 is 5.05. The van der Waals surface area contributed by atoms with Gasteiger partial charge in [0, 0.05) is 25.0 Å². The molecule has 0 unspecified atom stereocenters. The molecule has 0 aliphatic carbocycles. The molecule has 1 fully saturated rings. The standard InChI is InChI=1S/C13H19N3O2/c1-3-18-12(17)11-5-8-16(9-6-11)13-14-7-4-10(2)15-13/h4,7,11H,3,5-6,8-9H2,1-2H3. The average Bonchev–Trinajstić information content (AvgIpc) is 2.39. The number of aromatic nitrogens is 2. The number of ether oxygens (including phenoxy) is 1. The highest BCUT2D eigenvalue weighted by atomic mass is 16.5. The van der Waals surface area contributed by atoms with Crippen molar-refractivity contribution < 1.29 is 9.53 Å². The minimum Gasteiger partial charge on any atom is -0.466 e. The van der Waals surface area contributed by atoms with E-state index in [1.54, 1.807) is 6.20 Å². The van der Waals surface area contributed by atoms with Crippen LogP contribution in [0.3, 0.4) is 0 Å². The second-order valence-electron chi connectivity index (χ2n) is 4.51. The Morgan fingerprint density at radius 3 is 2.83 bits per heavy atom. The van der Waals surface area contributed by atoms with Crippen LogP contribution in [0.5, 0.6) is 0 Å². The van der Waals surface area contributed by atoms with Gasteiger partial charge in [0.1, 0.15) is 0 Å². The number of carbonyl (C=O) groups excluding carboxylic acids is 1. The predicted octanol–water partition coefficient (Wildman–Crippen LogP) is 1.56. The van der Waals surface area contributed by atoms with E-state index in [4.69, 9.17) is 4.74 Å². The molecular formula is C13H19N3O2. The largest absolute Gasteiger partial charge is 0.466 e. The number of carbonyl (C=O) groups is 1. The van der Waals surface area contributed by atoms with E-state index < -0.39 is 0 Å². The molecule has 0 atom stereocenters. The summed E-state index contributed by atoms with van der Waals surface area (Å²) in [6, 6.07) is 1.88. The van der Waals surface area contributed by atoms with E-state index in [1.807, 2.05) is 19.9 Å². The molecule has 0 radical (unpaired) electrons. The second-order valence-corrected chi connectivity index (χ2v) is 4.51. The van der Waals surface area contributed by atoms with E-state index in [9.17, 15) is 4.79 Å². The van der Waals surface area contributed by atoms with Crippen molar-refractivity contribution in [1.29, 1.82) is 0 Å². The predicted molar refractivity (Wildman–Crippen MR) is 68.3 cm³/mol. The first-order chi connectivity index (χ1) is 8.70. The number of rotatable bonds is 3. The van der Waals surface area contributed by atoms with Crippen molar-refractivity contribution in [2.75, 3.05) is 24.6 Å². The monoisotopic (exact) mass is 249 g/mol. The minimum atomic E-state index is -0.0673. The summed E-state index contributed by atoms with van der Waals surface area (Å²) >= 11 is 0. The maximum Gasteiger partial charge on any atom is 0.309 e. The van der Waals surface area contributed by atoms with Crippen LogP contribution in [0.4, 0.5) is 5.95 Å². The number of hydrogen-bond donors (Lipinski definition) is 0. The molecule has 0 spiro atoms. The van der Waals surface area contributed by atoms with Crippen LogP contribution in [0.2, 0.25) is 0 Å². The Morgan fingerprint density at radius 1 is 1.50 bits per heavy atom. The fourth-order valence-corrected chi connectivity index (χ4v) is 2.16. The molecule has 18 heavy (non-hydrogen) atoms. The Kier molecular flexibility index (Phi) is 4.12. The number of anilines is 1. The highest BCUT2D eigenvalue weighted by Gasteiger charge is 2.26. The lowest BCUT2D eigenvalue weighted by Gasteiger charge is -2.30. The molecule has 0 aromatic carbocycles. The molecule has 1 aliphatic rings. The fourth-order valence-electron chi connectivity index (χ4n) is 2.16. The molecule has 2 heterocycles. The number of aryl methyl sites for hydroxylation is 1. The molecule has 1 aromatic heterocycles. The number of nitrogens with zero attached hydrogens (tertiary/aromatic N) is 3. The molecular weight excluding hydrogens is 230 g/mol. The van der Waals surface area contributed by atoms with Gasteiger partial charge in [-0.1, -0.05) is 0 Å². The zero-order valence-corrected chi connectivity index (χ0v) is 10.9. The van der Waals surface area contributed by atoms with Crippen molar-refractivity contribution in [3.8, 4) is 0 Å². The summed E-state index contributed by atoms with van der Waals surface area (Å²) in [7, 11) is 0. The molecule has 1 aliphatic heterocycles. The summed E-state index contributed by atoms with van der Waals surface area (Å²) in [5, 5.41) is 0. The zero-order chi connectivity index (χ0) is 13.0. The van der Waals surface area contributed by atoms with E-state index in [2.05, 4.69) is 14.9 Å². The third kappa shape index (κ3) is 2.97. The van der Waals surface area contributed by atoms with Crippen molar-refractivity contribution in [2.45, 2.75) is 26.7 Å². The Bertz CT molecular complexity index is 414. The number of esters is 1. The molecule has 5 heteroatoms. The summed E-state index contributed by atoms with van der Waals surface area (Å²) in [5.74, 6) is 0.727. The maximum absolute atomic E-state index is 11.6. The van der Waals surface area contributed by atoms with Gasteiger partial charge >= 0.3 is 5.97 Å². The van der Waals surface area contributed by atoms with Gasteiger partial charge in [-0.2, -0.15) is 0 Å². The summed E-state index contributed by atoms with van der Waals surface area (Å²) in [4.78, 5) is 22.4. The van der Waals surface area contributed by atoms with Gasteiger partial charge in [0.2, 0.25) is 5.95 Å².